The van der Waals surface area contributed by atoms with Gasteiger partial charge in [0.1, 0.15) is 22.9 Å². The van der Waals surface area contributed by atoms with Crippen LogP contribution in [0, 0.1) is 6.92 Å². The van der Waals surface area contributed by atoms with Crippen LogP contribution >= 0.6 is 11.6 Å². The Hall–Kier alpha value is -1.86. The molecule has 6 nitrogen and oxygen atoms in total. The van der Waals surface area contributed by atoms with E-state index in [1.165, 1.54) is 6.92 Å². The van der Waals surface area contributed by atoms with E-state index in [1.807, 2.05) is 0 Å². The summed E-state index contributed by atoms with van der Waals surface area (Å²) in [5, 5.41) is 19.8. The lowest BCUT2D eigenvalue weighted by atomic mass is 9.64. The number of carboxylic acids is 1. The third kappa shape index (κ3) is 3.97. The first kappa shape index (κ1) is 18.5. The summed E-state index contributed by atoms with van der Waals surface area (Å²) >= 11 is 6.08. The average molecular weight is 353 g/mol. The number of aromatic carboxylic acids is 1. The SMILES string of the molecule is CC(=O)CCC(=O)C[C@H]1Cc2cc(Cl)c(C)c(C(=O)O)c2OB1O. The lowest BCUT2D eigenvalue weighted by Crippen LogP contribution is -2.36. The van der Waals surface area contributed by atoms with E-state index in [-0.39, 0.29) is 48.6 Å². The lowest BCUT2D eigenvalue weighted by molar-refractivity contribution is -0.123. The number of hydrogen-bond donors (Lipinski definition) is 2. The molecule has 0 unspecified atom stereocenters. The minimum atomic E-state index is -1.28. The van der Waals surface area contributed by atoms with Gasteiger partial charge in [0.2, 0.25) is 0 Å². The van der Waals surface area contributed by atoms with Crippen LogP contribution in [0.5, 0.6) is 5.75 Å². The molecule has 2 N–H and O–H groups in total. The lowest BCUT2D eigenvalue weighted by Gasteiger charge is -2.29. The quantitative estimate of drug-likeness (QED) is 0.763. The van der Waals surface area contributed by atoms with Gasteiger partial charge in [0.15, 0.2) is 0 Å². The normalized spacial score (nSPS) is 16.3. The van der Waals surface area contributed by atoms with Crippen LogP contribution in [-0.4, -0.2) is 34.8 Å². The number of carboxylic acid groups (broad SMARTS) is 1. The number of Topliss-reactive ketones (excluding diaryl/α,β-unsaturated/α-hetero) is 2. The number of carbonyl (C=O) groups is 3. The highest BCUT2D eigenvalue weighted by atomic mass is 35.5. The Kier molecular flexibility index (Phi) is 5.67. The molecule has 1 aliphatic rings. The fourth-order valence-corrected chi connectivity index (χ4v) is 3.03. The van der Waals surface area contributed by atoms with Crippen LogP contribution in [0.4, 0.5) is 0 Å². The van der Waals surface area contributed by atoms with Crippen LogP contribution < -0.4 is 4.65 Å². The van der Waals surface area contributed by atoms with Crippen molar-refractivity contribution in [2.24, 2.45) is 0 Å². The molecule has 0 fully saturated rings. The maximum Gasteiger partial charge on any atom is 0.526 e. The topological polar surface area (TPSA) is 101 Å². The molecule has 0 aromatic heterocycles. The minimum absolute atomic E-state index is 0.0573. The Balaban J connectivity index is 2.23. The summed E-state index contributed by atoms with van der Waals surface area (Å²) in [6.07, 6.45) is 0.637. The van der Waals surface area contributed by atoms with Crippen molar-refractivity contribution in [1.82, 2.24) is 0 Å². The number of fused-ring (bicyclic) bond motifs is 1. The molecule has 8 heteroatoms. The summed E-state index contributed by atoms with van der Waals surface area (Å²) < 4.78 is 5.40. The van der Waals surface area contributed by atoms with Gasteiger partial charge < -0.3 is 19.6 Å². The predicted molar refractivity (Wildman–Crippen MR) is 88.7 cm³/mol. The summed E-state index contributed by atoms with van der Waals surface area (Å²) in [6.45, 7) is 2.99. The second-order valence-electron chi connectivity index (χ2n) is 6.07. The van der Waals surface area contributed by atoms with Crippen molar-refractivity contribution in [3.05, 3.63) is 27.8 Å². The molecule has 24 heavy (non-hydrogen) atoms. The summed E-state index contributed by atoms with van der Waals surface area (Å²) in [4.78, 5) is 34.3. The second kappa shape index (κ2) is 7.36. The Morgan fingerprint density at radius 1 is 1.38 bits per heavy atom. The van der Waals surface area contributed by atoms with Gasteiger partial charge in [-0.25, -0.2) is 4.79 Å². The standard InChI is InChI=1S/C16H18BClO6/c1-8(19)3-4-12(20)7-11-5-10-6-13(18)9(2)14(16(21)22)15(10)24-17(11)23/h6,11,23H,3-5,7H2,1-2H3,(H,21,22)/t11-/m1/s1. The predicted octanol–water partition coefficient (Wildman–Crippen LogP) is 2.46. The monoisotopic (exact) mass is 352 g/mol. The van der Waals surface area contributed by atoms with E-state index in [4.69, 9.17) is 16.3 Å². The Bertz CT molecular complexity index is 702. The van der Waals surface area contributed by atoms with E-state index in [0.29, 0.717) is 16.1 Å². The summed E-state index contributed by atoms with van der Waals surface area (Å²) in [5.41, 5.74) is 0.849. The van der Waals surface area contributed by atoms with Crippen LogP contribution in [0.15, 0.2) is 6.07 Å². The fraction of sp³-hybridized carbons (Fsp3) is 0.438. The highest BCUT2D eigenvalue weighted by Crippen LogP contribution is 2.40. The van der Waals surface area contributed by atoms with Gasteiger partial charge in [0, 0.05) is 30.1 Å². The van der Waals surface area contributed by atoms with E-state index in [2.05, 4.69) is 0 Å². The molecule has 1 heterocycles. The van der Waals surface area contributed by atoms with Gasteiger partial charge >= 0.3 is 13.1 Å². The molecule has 0 aliphatic carbocycles. The van der Waals surface area contributed by atoms with Gasteiger partial charge in [-0.05, 0) is 37.5 Å². The van der Waals surface area contributed by atoms with Gasteiger partial charge in [-0.2, -0.15) is 0 Å². The van der Waals surface area contributed by atoms with Crippen molar-refractivity contribution in [2.45, 2.75) is 45.3 Å². The van der Waals surface area contributed by atoms with Gasteiger partial charge in [-0.1, -0.05) is 11.6 Å². The number of rotatable bonds is 6. The van der Waals surface area contributed by atoms with Crippen LogP contribution in [-0.2, 0) is 16.0 Å². The van der Waals surface area contributed by atoms with Crippen molar-refractivity contribution >= 4 is 36.3 Å². The van der Waals surface area contributed by atoms with E-state index in [1.54, 1.807) is 13.0 Å². The van der Waals surface area contributed by atoms with Crippen molar-refractivity contribution in [3.8, 4) is 5.75 Å². The Labute approximate surface area is 144 Å². The molecule has 0 radical (unpaired) electrons. The molecular formula is C16H18BClO6. The number of carbonyl (C=O) groups excluding carboxylic acids is 2. The highest BCUT2D eigenvalue weighted by molar-refractivity contribution is 6.47. The maximum absolute atomic E-state index is 11.9. The van der Waals surface area contributed by atoms with Crippen LogP contribution in [0.25, 0.3) is 0 Å². The van der Waals surface area contributed by atoms with E-state index in [9.17, 15) is 24.5 Å². The maximum atomic E-state index is 11.9. The second-order valence-corrected chi connectivity index (χ2v) is 6.48. The number of ketones is 2. The van der Waals surface area contributed by atoms with Gasteiger partial charge in [-0.3, -0.25) is 4.79 Å². The molecule has 1 atom stereocenters. The molecule has 0 spiro atoms. The molecule has 0 bridgehead atoms. The third-order valence-electron chi connectivity index (χ3n) is 4.14. The highest BCUT2D eigenvalue weighted by Gasteiger charge is 2.38. The zero-order valence-corrected chi connectivity index (χ0v) is 14.2. The van der Waals surface area contributed by atoms with E-state index < -0.39 is 18.9 Å². The summed E-state index contributed by atoms with van der Waals surface area (Å²) in [7, 11) is -1.28. The van der Waals surface area contributed by atoms with Crippen molar-refractivity contribution in [3.63, 3.8) is 0 Å². The van der Waals surface area contributed by atoms with Crippen molar-refractivity contribution in [1.29, 1.82) is 0 Å². The first-order valence-corrected chi connectivity index (χ1v) is 7.99. The van der Waals surface area contributed by atoms with Gasteiger partial charge in [-0.15, -0.1) is 0 Å². The number of hydrogen-bond acceptors (Lipinski definition) is 5. The molecule has 1 aromatic carbocycles. The summed E-state index contributed by atoms with van der Waals surface area (Å²) in [6, 6.07) is 1.61. The number of halogens is 1. The Morgan fingerprint density at radius 3 is 2.62 bits per heavy atom. The smallest absolute Gasteiger partial charge is 0.526 e. The van der Waals surface area contributed by atoms with Crippen LogP contribution in [0.3, 0.4) is 0 Å². The molecule has 128 valence electrons. The molecular weight excluding hydrogens is 334 g/mol. The number of benzene rings is 1. The zero-order valence-electron chi connectivity index (χ0n) is 13.5. The first-order valence-electron chi connectivity index (χ1n) is 7.61. The fourth-order valence-electron chi connectivity index (χ4n) is 2.80. The summed E-state index contributed by atoms with van der Waals surface area (Å²) in [5.74, 6) is -1.79. The van der Waals surface area contributed by atoms with Crippen molar-refractivity contribution in [2.75, 3.05) is 0 Å². The third-order valence-corrected chi connectivity index (χ3v) is 4.53. The largest absolute Gasteiger partial charge is 0.535 e. The molecule has 2 rings (SSSR count). The van der Waals surface area contributed by atoms with Crippen molar-refractivity contribution < 1.29 is 29.2 Å². The molecule has 0 saturated heterocycles. The van der Waals surface area contributed by atoms with Gasteiger partial charge in [0.25, 0.3) is 0 Å². The van der Waals surface area contributed by atoms with E-state index >= 15 is 0 Å². The minimum Gasteiger partial charge on any atom is -0.535 e. The van der Waals surface area contributed by atoms with Gasteiger partial charge in [0.05, 0.1) is 0 Å². The van der Waals surface area contributed by atoms with Crippen LogP contribution in [0.1, 0.15) is 47.7 Å². The molecule has 0 amide bonds. The molecule has 1 aromatic rings. The van der Waals surface area contributed by atoms with E-state index in [0.717, 1.165) is 0 Å². The zero-order chi connectivity index (χ0) is 18.0. The Morgan fingerprint density at radius 2 is 2.04 bits per heavy atom. The first-order chi connectivity index (χ1) is 11.2. The average Bonchev–Trinajstić information content (AvgIpc) is 2.48. The molecule has 1 aliphatic heterocycles. The molecule has 0 saturated carbocycles. The van der Waals surface area contributed by atoms with Crippen LogP contribution in [0.2, 0.25) is 10.8 Å².